The maximum absolute atomic E-state index is 13.0. The summed E-state index contributed by atoms with van der Waals surface area (Å²) in [5, 5.41) is 0. The Bertz CT molecular complexity index is 1370. The number of rotatable bonds is 10. The van der Waals surface area contributed by atoms with Crippen molar-refractivity contribution in [1.82, 2.24) is 9.80 Å². The molecule has 0 aliphatic carbocycles. The molecule has 4 aromatic carbocycles. The average Bonchev–Trinajstić information content (AvgIpc) is 3.28. The van der Waals surface area contributed by atoms with Gasteiger partial charge in [0, 0.05) is 60.6 Å². The Labute approximate surface area is 251 Å². The fourth-order valence-electron chi connectivity index (χ4n) is 7.36. The highest BCUT2D eigenvalue weighted by atomic mass is 16.2. The Morgan fingerprint density at radius 2 is 1.17 bits per heavy atom. The van der Waals surface area contributed by atoms with Gasteiger partial charge in [0.05, 0.1) is 0 Å². The Morgan fingerprint density at radius 3 is 1.67 bits per heavy atom. The smallest absolute Gasteiger partial charge is 0.253 e. The molecule has 0 aromatic heterocycles. The Hall–Kier alpha value is -3.89. The van der Waals surface area contributed by atoms with Crippen LogP contribution in [0.3, 0.4) is 0 Å². The molecule has 1 amide bonds. The van der Waals surface area contributed by atoms with Crippen molar-refractivity contribution in [3.8, 4) is 0 Å². The van der Waals surface area contributed by atoms with Crippen LogP contribution < -0.4 is 4.90 Å². The molecular formula is C38H43N3O. The molecule has 4 heteroatoms. The first-order valence-electron chi connectivity index (χ1n) is 15.8. The van der Waals surface area contributed by atoms with Gasteiger partial charge in [-0.15, -0.1) is 0 Å². The molecule has 6 rings (SSSR count). The number of benzene rings is 4. The zero-order chi connectivity index (χ0) is 28.9. The van der Waals surface area contributed by atoms with E-state index in [2.05, 4.69) is 113 Å². The lowest BCUT2D eigenvalue weighted by Crippen LogP contribution is -2.50. The standard InChI is InChI=1S/C38H43N3O/c1-3-39(4-2)38(42)31-20-22-33(23-21-31)41(32-18-12-7-13-19-32)36-26-34-24-25-35(27-36)40(34)28-37(29-14-8-5-9-15-29)30-16-10-6-11-17-30/h5-23,34-37H,3-4,24-28H2,1-2H3/t34-,35+,36?. The lowest BCUT2D eigenvalue weighted by Gasteiger charge is -2.45. The van der Waals surface area contributed by atoms with Gasteiger partial charge in [0.25, 0.3) is 5.91 Å². The predicted molar refractivity (Wildman–Crippen MR) is 174 cm³/mol. The number of carbonyl (C=O) groups excluding carboxylic acids is 1. The van der Waals surface area contributed by atoms with Crippen LogP contribution in [-0.2, 0) is 0 Å². The van der Waals surface area contributed by atoms with Gasteiger partial charge in [-0.3, -0.25) is 9.69 Å². The molecule has 0 radical (unpaired) electrons. The van der Waals surface area contributed by atoms with Gasteiger partial charge < -0.3 is 9.80 Å². The van der Waals surface area contributed by atoms with Crippen molar-refractivity contribution >= 4 is 17.3 Å². The normalized spacial score (nSPS) is 20.0. The number of amides is 1. The largest absolute Gasteiger partial charge is 0.339 e. The first-order chi connectivity index (χ1) is 20.7. The molecule has 0 spiro atoms. The van der Waals surface area contributed by atoms with Crippen molar-refractivity contribution in [2.24, 2.45) is 0 Å². The number of nitrogens with zero attached hydrogens (tertiary/aromatic N) is 3. The molecule has 2 saturated heterocycles. The number of carbonyl (C=O) groups is 1. The Kier molecular flexibility index (Phi) is 8.71. The average molecular weight is 558 g/mol. The van der Waals surface area contributed by atoms with E-state index in [-0.39, 0.29) is 5.91 Å². The summed E-state index contributed by atoms with van der Waals surface area (Å²) in [5.41, 5.74) is 5.95. The van der Waals surface area contributed by atoms with E-state index in [1.165, 1.54) is 35.3 Å². The maximum Gasteiger partial charge on any atom is 0.253 e. The second-order valence-corrected chi connectivity index (χ2v) is 11.8. The van der Waals surface area contributed by atoms with E-state index in [1.807, 2.05) is 30.9 Å². The summed E-state index contributed by atoms with van der Waals surface area (Å²) in [6.07, 6.45) is 4.80. The van der Waals surface area contributed by atoms with Crippen molar-refractivity contribution in [2.75, 3.05) is 24.5 Å². The van der Waals surface area contributed by atoms with Crippen molar-refractivity contribution in [3.63, 3.8) is 0 Å². The number of anilines is 2. The van der Waals surface area contributed by atoms with Gasteiger partial charge in [0.2, 0.25) is 0 Å². The van der Waals surface area contributed by atoms with E-state index in [1.54, 1.807) is 0 Å². The molecule has 0 N–H and O–H groups in total. The van der Waals surface area contributed by atoms with Gasteiger partial charge in [-0.05, 0) is 87.1 Å². The summed E-state index contributed by atoms with van der Waals surface area (Å²) in [6.45, 7) is 6.59. The first-order valence-corrected chi connectivity index (χ1v) is 15.8. The molecule has 4 aromatic rings. The molecule has 42 heavy (non-hydrogen) atoms. The Morgan fingerprint density at radius 1 is 0.690 bits per heavy atom. The minimum absolute atomic E-state index is 0.107. The molecule has 2 heterocycles. The summed E-state index contributed by atoms with van der Waals surface area (Å²) < 4.78 is 0. The Balaban J connectivity index is 1.25. The molecule has 2 bridgehead atoms. The monoisotopic (exact) mass is 557 g/mol. The second kappa shape index (κ2) is 13.0. The molecule has 2 fully saturated rings. The zero-order valence-electron chi connectivity index (χ0n) is 25.0. The van der Waals surface area contributed by atoms with Crippen LogP contribution in [0.1, 0.15) is 66.9 Å². The summed E-state index contributed by atoms with van der Waals surface area (Å²) in [5.74, 6) is 0.476. The SMILES string of the molecule is CCN(CC)C(=O)c1ccc(N(c2ccccc2)C2C[C@H]3CC[C@@H](C2)N3CC(c2ccccc2)c2ccccc2)cc1. The highest BCUT2D eigenvalue weighted by Crippen LogP contribution is 2.43. The lowest BCUT2D eigenvalue weighted by molar-refractivity contribution is 0.0773. The predicted octanol–water partition coefficient (Wildman–Crippen LogP) is 8.13. The third kappa shape index (κ3) is 5.87. The highest BCUT2D eigenvalue weighted by molar-refractivity contribution is 5.94. The lowest BCUT2D eigenvalue weighted by atomic mass is 9.88. The van der Waals surface area contributed by atoms with E-state index in [0.29, 0.717) is 24.0 Å². The van der Waals surface area contributed by atoms with E-state index in [4.69, 9.17) is 0 Å². The molecule has 0 saturated carbocycles. The van der Waals surface area contributed by atoms with Crippen molar-refractivity contribution in [2.45, 2.75) is 63.6 Å². The molecular weight excluding hydrogens is 514 g/mol. The van der Waals surface area contributed by atoms with Crippen LogP contribution in [0.15, 0.2) is 115 Å². The molecule has 216 valence electrons. The summed E-state index contributed by atoms with van der Waals surface area (Å²) in [6, 6.07) is 42.8. The van der Waals surface area contributed by atoms with Crippen molar-refractivity contribution in [3.05, 3.63) is 132 Å². The van der Waals surface area contributed by atoms with E-state index < -0.39 is 0 Å². The van der Waals surface area contributed by atoms with E-state index in [9.17, 15) is 4.79 Å². The van der Waals surface area contributed by atoms with Gasteiger partial charge in [0.1, 0.15) is 0 Å². The van der Waals surface area contributed by atoms with Crippen LogP contribution in [0.2, 0.25) is 0 Å². The number of para-hydroxylation sites is 1. The third-order valence-electron chi connectivity index (χ3n) is 9.50. The molecule has 1 unspecified atom stereocenters. The number of piperidine rings is 1. The fraction of sp³-hybridized carbons (Fsp3) is 0.342. The van der Waals surface area contributed by atoms with E-state index >= 15 is 0 Å². The zero-order valence-corrected chi connectivity index (χ0v) is 25.0. The fourth-order valence-corrected chi connectivity index (χ4v) is 7.36. The quantitative estimate of drug-likeness (QED) is 0.197. The van der Waals surface area contributed by atoms with Crippen LogP contribution in [0.4, 0.5) is 11.4 Å². The van der Waals surface area contributed by atoms with Crippen LogP contribution in [-0.4, -0.2) is 53.5 Å². The molecule has 2 aliphatic heterocycles. The highest BCUT2D eigenvalue weighted by Gasteiger charge is 2.43. The van der Waals surface area contributed by atoms with Crippen molar-refractivity contribution < 1.29 is 4.79 Å². The summed E-state index contributed by atoms with van der Waals surface area (Å²) in [4.78, 5) is 20.2. The van der Waals surface area contributed by atoms with E-state index in [0.717, 1.165) is 38.0 Å². The number of hydrogen-bond donors (Lipinski definition) is 0. The van der Waals surface area contributed by atoms with Gasteiger partial charge in [-0.1, -0.05) is 78.9 Å². The van der Waals surface area contributed by atoms with Crippen LogP contribution in [0.5, 0.6) is 0 Å². The number of fused-ring (bicyclic) bond motifs is 2. The third-order valence-corrected chi connectivity index (χ3v) is 9.50. The van der Waals surface area contributed by atoms with Gasteiger partial charge in [-0.25, -0.2) is 0 Å². The minimum atomic E-state index is 0.107. The molecule has 3 atom stereocenters. The summed E-state index contributed by atoms with van der Waals surface area (Å²) in [7, 11) is 0. The van der Waals surface area contributed by atoms with Gasteiger partial charge in [-0.2, -0.15) is 0 Å². The van der Waals surface area contributed by atoms with Crippen LogP contribution >= 0.6 is 0 Å². The van der Waals surface area contributed by atoms with Crippen LogP contribution in [0.25, 0.3) is 0 Å². The summed E-state index contributed by atoms with van der Waals surface area (Å²) >= 11 is 0. The maximum atomic E-state index is 13.0. The number of hydrogen-bond acceptors (Lipinski definition) is 3. The second-order valence-electron chi connectivity index (χ2n) is 11.8. The van der Waals surface area contributed by atoms with Crippen molar-refractivity contribution in [1.29, 1.82) is 0 Å². The topological polar surface area (TPSA) is 26.8 Å². The van der Waals surface area contributed by atoms with Gasteiger partial charge >= 0.3 is 0 Å². The molecule has 4 nitrogen and oxygen atoms in total. The van der Waals surface area contributed by atoms with Crippen LogP contribution in [0, 0.1) is 0 Å². The first kappa shape index (κ1) is 28.2. The molecule has 2 aliphatic rings. The van der Waals surface area contributed by atoms with Gasteiger partial charge in [0.15, 0.2) is 0 Å². The minimum Gasteiger partial charge on any atom is -0.339 e.